The van der Waals surface area contributed by atoms with Gasteiger partial charge in [0, 0.05) is 23.5 Å². The van der Waals surface area contributed by atoms with E-state index in [0.717, 1.165) is 58.8 Å². The molecular formula is C24H25FN2O3. The van der Waals surface area contributed by atoms with Gasteiger partial charge in [-0.05, 0) is 55.2 Å². The third-order valence-electron chi connectivity index (χ3n) is 5.56. The average molecular weight is 408 g/mol. The summed E-state index contributed by atoms with van der Waals surface area (Å²) in [5.41, 5.74) is 10.8. The Labute approximate surface area is 175 Å². The number of hydrogen-bond acceptors (Lipinski definition) is 3. The van der Waals surface area contributed by atoms with Crippen molar-refractivity contribution in [3.05, 3.63) is 70.8 Å². The normalized spacial score (nSPS) is 12.4. The first-order chi connectivity index (χ1) is 14.5. The quantitative estimate of drug-likeness (QED) is 0.609. The first-order valence-corrected chi connectivity index (χ1v) is 10.2. The zero-order chi connectivity index (χ0) is 21.3. The van der Waals surface area contributed by atoms with Crippen molar-refractivity contribution in [2.45, 2.75) is 39.7 Å². The molecule has 2 N–H and O–H groups in total. The van der Waals surface area contributed by atoms with Gasteiger partial charge in [0.25, 0.3) is 5.91 Å². The van der Waals surface area contributed by atoms with Crippen molar-refractivity contribution in [2.75, 3.05) is 6.79 Å². The summed E-state index contributed by atoms with van der Waals surface area (Å²) in [6, 6.07) is 12.1. The number of fused-ring (bicyclic) bond motifs is 1. The summed E-state index contributed by atoms with van der Waals surface area (Å²) in [5.74, 6) is 0.667. The molecule has 6 heteroatoms. The van der Waals surface area contributed by atoms with Crippen molar-refractivity contribution in [2.24, 2.45) is 5.73 Å². The number of halogens is 1. The molecule has 1 amide bonds. The van der Waals surface area contributed by atoms with E-state index in [1.165, 1.54) is 12.1 Å². The smallest absolute Gasteiger partial charge is 0.251 e. The second-order valence-corrected chi connectivity index (χ2v) is 7.53. The summed E-state index contributed by atoms with van der Waals surface area (Å²) in [6.45, 7) is 4.84. The van der Waals surface area contributed by atoms with Crippen molar-refractivity contribution in [1.29, 1.82) is 0 Å². The zero-order valence-corrected chi connectivity index (χ0v) is 17.2. The average Bonchev–Trinajstić information content (AvgIpc) is 3.30. The van der Waals surface area contributed by atoms with Crippen LogP contribution in [0.1, 0.15) is 47.1 Å². The molecule has 1 aromatic heterocycles. The predicted molar refractivity (Wildman–Crippen MR) is 113 cm³/mol. The molecule has 3 aromatic rings. The largest absolute Gasteiger partial charge is 0.454 e. The van der Waals surface area contributed by atoms with Crippen LogP contribution in [0.3, 0.4) is 0 Å². The van der Waals surface area contributed by atoms with Crippen LogP contribution in [0.4, 0.5) is 4.39 Å². The minimum absolute atomic E-state index is 0.226. The maximum atomic E-state index is 13.5. The topological polar surface area (TPSA) is 66.5 Å². The molecule has 0 spiro atoms. The summed E-state index contributed by atoms with van der Waals surface area (Å²) in [7, 11) is 0. The second kappa shape index (κ2) is 8.22. The Morgan fingerprint density at radius 1 is 1.13 bits per heavy atom. The highest BCUT2D eigenvalue weighted by molar-refractivity contribution is 6.02. The number of carbonyl (C=O) groups is 1. The fraction of sp³-hybridized carbons (Fsp3) is 0.292. The molecule has 0 saturated carbocycles. The van der Waals surface area contributed by atoms with Crippen LogP contribution in [0.15, 0.2) is 42.5 Å². The first-order valence-electron chi connectivity index (χ1n) is 10.2. The molecule has 30 heavy (non-hydrogen) atoms. The third kappa shape index (κ3) is 3.65. The molecule has 4 rings (SSSR count). The van der Waals surface area contributed by atoms with Crippen LogP contribution >= 0.6 is 0 Å². The number of rotatable bonds is 7. The Hall–Kier alpha value is -3.28. The maximum Gasteiger partial charge on any atom is 0.251 e. The van der Waals surface area contributed by atoms with Crippen molar-refractivity contribution in [3.8, 4) is 22.6 Å². The predicted octanol–water partition coefficient (Wildman–Crippen LogP) is 4.82. The van der Waals surface area contributed by atoms with Gasteiger partial charge in [0.1, 0.15) is 5.82 Å². The zero-order valence-electron chi connectivity index (χ0n) is 17.2. The van der Waals surface area contributed by atoms with E-state index in [0.29, 0.717) is 12.1 Å². The number of primary amides is 1. The van der Waals surface area contributed by atoms with Crippen LogP contribution < -0.4 is 15.2 Å². The Bertz CT molecular complexity index is 1090. The molecule has 1 aliphatic heterocycles. The molecular weight excluding hydrogens is 383 g/mol. The molecule has 5 nitrogen and oxygen atoms in total. The van der Waals surface area contributed by atoms with Gasteiger partial charge in [-0.1, -0.05) is 31.5 Å². The highest BCUT2D eigenvalue weighted by atomic mass is 19.1. The van der Waals surface area contributed by atoms with Gasteiger partial charge in [-0.15, -0.1) is 0 Å². The van der Waals surface area contributed by atoms with Crippen molar-refractivity contribution < 1.29 is 18.7 Å². The minimum atomic E-state index is -0.478. The number of unbranched alkanes of at least 4 members (excludes halogenated alkanes) is 1. The number of amides is 1. The van der Waals surface area contributed by atoms with E-state index in [1.807, 2.05) is 25.1 Å². The van der Waals surface area contributed by atoms with E-state index in [2.05, 4.69) is 11.5 Å². The molecule has 0 fully saturated rings. The van der Waals surface area contributed by atoms with Crippen molar-refractivity contribution in [1.82, 2.24) is 4.57 Å². The highest BCUT2D eigenvalue weighted by Gasteiger charge is 2.25. The molecule has 156 valence electrons. The lowest BCUT2D eigenvalue weighted by Crippen LogP contribution is -2.13. The van der Waals surface area contributed by atoms with Crippen molar-refractivity contribution in [3.63, 3.8) is 0 Å². The minimum Gasteiger partial charge on any atom is -0.454 e. The van der Waals surface area contributed by atoms with Gasteiger partial charge in [0.05, 0.1) is 5.56 Å². The summed E-state index contributed by atoms with van der Waals surface area (Å²) in [5, 5.41) is 0. The van der Waals surface area contributed by atoms with Gasteiger partial charge in [0.15, 0.2) is 11.5 Å². The molecule has 0 bridgehead atoms. The number of aromatic nitrogens is 1. The van der Waals surface area contributed by atoms with Crippen LogP contribution in [0.5, 0.6) is 11.5 Å². The van der Waals surface area contributed by atoms with E-state index >= 15 is 0 Å². The van der Waals surface area contributed by atoms with Gasteiger partial charge in [-0.2, -0.15) is 0 Å². The van der Waals surface area contributed by atoms with Gasteiger partial charge < -0.3 is 19.8 Å². The van der Waals surface area contributed by atoms with E-state index in [9.17, 15) is 9.18 Å². The van der Waals surface area contributed by atoms with E-state index in [1.54, 1.807) is 12.1 Å². The van der Waals surface area contributed by atoms with Gasteiger partial charge >= 0.3 is 0 Å². The SMILES string of the molecule is CCCCc1c(-c2ccc(F)cc2)c(C(N)=O)c(C)n1Cc1ccc2c(c1)OCO2. The number of nitrogens with zero attached hydrogens (tertiary/aromatic N) is 1. The fourth-order valence-electron chi connectivity index (χ4n) is 4.07. The van der Waals surface area contributed by atoms with Crippen LogP contribution in [0.25, 0.3) is 11.1 Å². The van der Waals surface area contributed by atoms with Crippen LogP contribution in [-0.2, 0) is 13.0 Å². The van der Waals surface area contributed by atoms with Crippen LogP contribution in [-0.4, -0.2) is 17.3 Å². The second-order valence-electron chi connectivity index (χ2n) is 7.53. The molecule has 0 aliphatic carbocycles. The van der Waals surface area contributed by atoms with Crippen LogP contribution in [0, 0.1) is 12.7 Å². The Morgan fingerprint density at radius 2 is 1.87 bits per heavy atom. The maximum absolute atomic E-state index is 13.5. The van der Waals surface area contributed by atoms with Crippen molar-refractivity contribution >= 4 is 5.91 Å². The monoisotopic (exact) mass is 408 g/mol. The molecule has 2 aromatic carbocycles. The molecule has 1 aliphatic rings. The first kappa shape index (κ1) is 20.0. The number of nitrogens with two attached hydrogens (primary N) is 1. The highest BCUT2D eigenvalue weighted by Crippen LogP contribution is 2.36. The number of hydrogen-bond donors (Lipinski definition) is 1. The molecule has 0 unspecified atom stereocenters. The summed E-state index contributed by atoms with van der Waals surface area (Å²) < 4.78 is 26.6. The number of carbonyl (C=O) groups excluding carboxylic acids is 1. The Kier molecular flexibility index (Phi) is 5.48. The number of ether oxygens (including phenoxy) is 2. The van der Waals surface area contributed by atoms with E-state index in [4.69, 9.17) is 15.2 Å². The van der Waals surface area contributed by atoms with Gasteiger partial charge in [-0.3, -0.25) is 4.79 Å². The lowest BCUT2D eigenvalue weighted by atomic mass is 9.97. The van der Waals surface area contributed by atoms with Gasteiger partial charge in [-0.25, -0.2) is 4.39 Å². The number of benzene rings is 2. The van der Waals surface area contributed by atoms with E-state index in [-0.39, 0.29) is 12.6 Å². The third-order valence-corrected chi connectivity index (χ3v) is 5.56. The lowest BCUT2D eigenvalue weighted by Gasteiger charge is -2.14. The summed E-state index contributed by atoms with van der Waals surface area (Å²) >= 11 is 0. The molecule has 0 atom stereocenters. The van der Waals surface area contributed by atoms with Crippen LogP contribution in [0.2, 0.25) is 0 Å². The standard InChI is InChI=1S/C24H25FN2O3/c1-3-4-5-19-23(17-7-9-18(25)10-8-17)22(24(26)28)15(2)27(19)13-16-6-11-20-21(12-16)30-14-29-20/h6-12H,3-5,13-14H2,1-2H3,(H2,26,28). The Balaban J connectivity index is 1.85. The lowest BCUT2D eigenvalue weighted by molar-refractivity contribution is 0.1000. The fourth-order valence-corrected chi connectivity index (χ4v) is 4.07. The molecule has 0 saturated heterocycles. The Morgan fingerprint density at radius 3 is 2.57 bits per heavy atom. The van der Waals surface area contributed by atoms with Gasteiger partial charge in [0.2, 0.25) is 6.79 Å². The summed E-state index contributed by atoms with van der Waals surface area (Å²) in [6.07, 6.45) is 2.78. The molecule has 0 radical (unpaired) electrons. The van der Waals surface area contributed by atoms with E-state index < -0.39 is 5.91 Å². The summed E-state index contributed by atoms with van der Waals surface area (Å²) in [4.78, 5) is 12.4. The molecule has 2 heterocycles.